The molecule has 2 fully saturated rings. The number of rotatable bonds is 5. The predicted octanol–water partition coefficient (Wildman–Crippen LogP) is 1.30. The fourth-order valence-corrected chi connectivity index (χ4v) is 1.49. The molecule has 5 heteroatoms. The third-order valence-electron chi connectivity index (χ3n) is 2.00. The molecule has 0 bridgehead atoms. The van der Waals surface area contributed by atoms with E-state index >= 15 is 0 Å². The molecule has 1 aliphatic carbocycles. The van der Waals surface area contributed by atoms with E-state index in [1.807, 2.05) is 0 Å². The standard InChI is InChI=1S/C5H9BrO2.C5H10O2/c6-2-1-5-7-3-4-8-5;6-3-4-7-5-1-2-5/h5H,1-4H2;5-6H,1-4H2. The van der Waals surface area contributed by atoms with Gasteiger partial charge in [0.25, 0.3) is 0 Å². The number of halogens is 1. The zero-order valence-electron chi connectivity index (χ0n) is 8.86. The van der Waals surface area contributed by atoms with Crippen molar-refractivity contribution in [2.24, 2.45) is 0 Å². The van der Waals surface area contributed by atoms with Crippen molar-refractivity contribution in [1.29, 1.82) is 0 Å². The molecule has 0 amide bonds. The molecule has 15 heavy (non-hydrogen) atoms. The second-order valence-corrected chi connectivity index (χ2v) is 4.24. The molecule has 0 atom stereocenters. The van der Waals surface area contributed by atoms with Crippen LogP contribution in [0.1, 0.15) is 19.3 Å². The first-order chi connectivity index (χ1) is 7.36. The van der Waals surface area contributed by atoms with Gasteiger partial charge >= 0.3 is 0 Å². The average molecular weight is 283 g/mol. The van der Waals surface area contributed by atoms with Crippen molar-refractivity contribution >= 4 is 15.9 Å². The molecular formula is C10H19BrO4. The highest BCUT2D eigenvalue weighted by atomic mass is 79.9. The molecule has 1 saturated carbocycles. The highest BCUT2D eigenvalue weighted by Gasteiger charge is 2.21. The van der Waals surface area contributed by atoms with E-state index < -0.39 is 0 Å². The lowest BCUT2D eigenvalue weighted by Gasteiger charge is -2.03. The Morgan fingerprint density at radius 1 is 1.27 bits per heavy atom. The molecule has 1 N–H and O–H groups in total. The van der Waals surface area contributed by atoms with Crippen LogP contribution in [0.15, 0.2) is 0 Å². The molecule has 2 rings (SSSR count). The highest BCUT2D eigenvalue weighted by molar-refractivity contribution is 9.09. The SMILES string of the molecule is BrCCC1OCCO1.OCCOC1CC1. The predicted molar refractivity (Wildman–Crippen MR) is 60.2 cm³/mol. The summed E-state index contributed by atoms with van der Waals surface area (Å²) in [6.45, 7) is 2.20. The van der Waals surface area contributed by atoms with Crippen molar-refractivity contribution in [3.05, 3.63) is 0 Å². The fraction of sp³-hybridized carbons (Fsp3) is 1.00. The Hall–Kier alpha value is 0.320. The van der Waals surface area contributed by atoms with Crippen LogP contribution < -0.4 is 0 Å². The minimum absolute atomic E-state index is 0.0642. The molecular weight excluding hydrogens is 264 g/mol. The maximum absolute atomic E-state index is 8.22. The molecule has 0 spiro atoms. The molecule has 0 aromatic heterocycles. The number of hydrogen-bond donors (Lipinski definition) is 1. The maximum atomic E-state index is 8.22. The van der Waals surface area contributed by atoms with Crippen LogP contribution in [-0.4, -0.2) is 49.3 Å². The minimum Gasteiger partial charge on any atom is -0.394 e. The van der Waals surface area contributed by atoms with Gasteiger partial charge in [0.2, 0.25) is 0 Å². The lowest BCUT2D eigenvalue weighted by molar-refractivity contribution is -0.0419. The summed E-state index contributed by atoms with van der Waals surface area (Å²) in [4.78, 5) is 0. The van der Waals surface area contributed by atoms with E-state index in [2.05, 4.69) is 15.9 Å². The summed E-state index contributed by atoms with van der Waals surface area (Å²) in [5, 5.41) is 9.17. The highest BCUT2D eigenvalue weighted by Crippen LogP contribution is 2.22. The fourth-order valence-electron chi connectivity index (χ4n) is 1.12. The zero-order chi connectivity index (χ0) is 10.9. The van der Waals surface area contributed by atoms with Crippen LogP contribution in [0, 0.1) is 0 Å². The second-order valence-electron chi connectivity index (χ2n) is 3.44. The van der Waals surface area contributed by atoms with Gasteiger partial charge < -0.3 is 19.3 Å². The van der Waals surface area contributed by atoms with E-state index in [0.717, 1.165) is 25.0 Å². The van der Waals surface area contributed by atoms with Crippen molar-refractivity contribution in [3.63, 3.8) is 0 Å². The smallest absolute Gasteiger partial charge is 0.158 e. The summed E-state index contributed by atoms with van der Waals surface area (Å²) < 4.78 is 15.3. The number of aliphatic hydroxyl groups excluding tert-OH is 1. The summed E-state index contributed by atoms with van der Waals surface area (Å²) in [6, 6.07) is 0. The van der Waals surface area contributed by atoms with Crippen molar-refractivity contribution in [3.8, 4) is 0 Å². The van der Waals surface area contributed by atoms with Crippen LogP contribution in [0.4, 0.5) is 0 Å². The van der Waals surface area contributed by atoms with Gasteiger partial charge in [0.15, 0.2) is 6.29 Å². The molecule has 0 unspecified atom stereocenters. The third-order valence-corrected chi connectivity index (χ3v) is 2.46. The van der Waals surface area contributed by atoms with E-state index in [4.69, 9.17) is 19.3 Å². The van der Waals surface area contributed by atoms with Crippen LogP contribution in [0.5, 0.6) is 0 Å². The zero-order valence-corrected chi connectivity index (χ0v) is 10.4. The van der Waals surface area contributed by atoms with Crippen LogP contribution in [0.2, 0.25) is 0 Å². The van der Waals surface area contributed by atoms with Crippen molar-refractivity contribution in [2.45, 2.75) is 31.7 Å². The van der Waals surface area contributed by atoms with Gasteiger partial charge in [-0.05, 0) is 12.8 Å². The summed E-state index contributed by atoms with van der Waals surface area (Å²) in [7, 11) is 0. The lowest BCUT2D eigenvalue weighted by atomic mass is 10.5. The van der Waals surface area contributed by atoms with Gasteiger partial charge in [0, 0.05) is 11.8 Å². The third kappa shape index (κ3) is 7.25. The molecule has 90 valence electrons. The van der Waals surface area contributed by atoms with Crippen LogP contribution >= 0.6 is 15.9 Å². The summed E-state index contributed by atoms with van der Waals surface area (Å²) in [5.74, 6) is 0. The largest absolute Gasteiger partial charge is 0.394 e. The van der Waals surface area contributed by atoms with Crippen molar-refractivity contribution < 1.29 is 19.3 Å². The summed E-state index contributed by atoms with van der Waals surface area (Å²) >= 11 is 3.30. The van der Waals surface area contributed by atoms with Gasteiger partial charge in [-0.3, -0.25) is 0 Å². The van der Waals surface area contributed by atoms with Crippen LogP contribution in [0.3, 0.4) is 0 Å². The Morgan fingerprint density at radius 2 is 1.93 bits per heavy atom. The first kappa shape index (κ1) is 13.4. The number of aliphatic hydroxyl groups is 1. The van der Waals surface area contributed by atoms with E-state index in [1.165, 1.54) is 12.8 Å². The molecule has 0 aromatic carbocycles. The van der Waals surface area contributed by atoms with Crippen LogP contribution in [0.25, 0.3) is 0 Å². The molecule has 1 aliphatic heterocycles. The molecule has 2 aliphatic rings. The Morgan fingerprint density at radius 3 is 2.40 bits per heavy atom. The van der Waals surface area contributed by atoms with Crippen LogP contribution in [-0.2, 0) is 14.2 Å². The van der Waals surface area contributed by atoms with Gasteiger partial charge in [-0.1, -0.05) is 15.9 Å². The summed E-state index contributed by atoms with van der Waals surface area (Å²) in [6.07, 6.45) is 3.90. The van der Waals surface area contributed by atoms with Gasteiger partial charge in [-0.15, -0.1) is 0 Å². The molecule has 1 saturated heterocycles. The number of ether oxygens (including phenoxy) is 3. The van der Waals surface area contributed by atoms with Gasteiger partial charge in [-0.2, -0.15) is 0 Å². The Bertz CT molecular complexity index is 146. The normalized spacial score (nSPS) is 21.2. The Kier molecular flexibility index (Phi) is 7.56. The van der Waals surface area contributed by atoms with E-state index in [-0.39, 0.29) is 12.9 Å². The average Bonchev–Trinajstić information content (AvgIpc) is 2.94. The first-order valence-electron chi connectivity index (χ1n) is 5.38. The molecule has 0 aromatic rings. The van der Waals surface area contributed by atoms with Gasteiger partial charge in [0.1, 0.15) is 0 Å². The minimum atomic E-state index is 0.0642. The summed E-state index contributed by atoms with van der Waals surface area (Å²) in [5.41, 5.74) is 0. The maximum Gasteiger partial charge on any atom is 0.158 e. The molecule has 0 radical (unpaired) electrons. The quantitative estimate of drug-likeness (QED) is 0.773. The first-order valence-corrected chi connectivity index (χ1v) is 6.50. The van der Waals surface area contributed by atoms with Crippen molar-refractivity contribution in [2.75, 3.05) is 31.8 Å². The van der Waals surface area contributed by atoms with E-state index in [0.29, 0.717) is 12.7 Å². The topological polar surface area (TPSA) is 47.9 Å². The Balaban J connectivity index is 0.000000151. The number of alkyl halides is 1. The van der Waals surface area contributed by atoms with Gasteiger partial charge in [0.05, 0.1) is 32.5 Å². The lowest BCUT2D eigenvalue weighted by Crippen LogP contribution is -2.06. The van der Waals surface area contributed by atoms with E-state index in [1.54, 1.807) is 0 Å². The molecule has 4 nitrogen and oxygen atoms in total. The van der Waals surface area contributed by atoms with Crippen molar-refractivity contribution in [1.82, 2.24) is 0 Å². The van der Waals surface area contributed by atoms with Gasteiger partial charge in [-0.25, -0.2) is 0 Å². The second kappa shape index (κ2) is 8.47. The Labute approximate surface area is 99.0 Å². The number of hydrogen-bond acceptors (Lipinski definition) is 4. The monoisotopic (exact) mass is 282 g/mol. The molecule has 1 heterocycles. The van der Waals surface area contributed by atoms with E-state index in [9.17, 15) is 0 Å².